The van der Waals surface area contributed by atoms with E-state index in [0.717, 1.165) is 70.8 Å². The SMILES string of the molecule is C=CCCC1CCC(OCC2CCC(c3ccc(OCCCC)c(F)c3F)CC2)OC1. The molecule has 31 heavy (non-hydrogen) atoms. The monoisotopic (exact) mass is 436 g/mol. The second kappa shape index (κ2) is 12.5. The lowest BCUT2D eigenvalue weighted by Crippen LogP contribution is -2.30. The summed E-state index contributed by atoms with van der Waals surface area (Å²) in [5.41, 5.74) is 0.487. The van der Waals surface area contributed by atoms with Crippen LogP contribution in [-0.4, -0.2) is 26.1 Å². The highest BCUT2D eigenvalue weighted by Crippen LogP contribution is 2.39. The maximum Gasteiger partial charge on any atom is 0.200 e. The van der Waals surface area contributed by atoms with Crippen molar-refractivity contribution in [1.29, 1.82) is 0 Å². The third-order valence-electron chi connectivity index (χ3n) is 6.74. The maximum absolute atomic E-state index is 14.7. The average molecular weight is 437 g/mol. The Morgan fingerprint density at radius 3 is 2.52 bits per heavy atom. The van der Waals surface area contributed by atoms with E-state index in [9.17, 15) is 8.78 Å². The van der Waals surface area contributed by atoms with E-state index in [4.69, 9.17) is 14.2 Å². The molecule has 1 saturated carbocycles. The topological polar surface area (TPSA) is 27.7 Å². The van der Waals surface area contributed by atoms with Gasteiger partial charge < -0.3 is 14.2 Å². The van der Waals surface area contributed by atoms with Gasteiger partial charge in [0, 0.05) is 0 Å². The quantitative estimate of drug-likeness (QED) is 0.272. The first-order valence-corrected chi connectivity index (χ1v) is 12.1. The van der Waals surface area contributed by atoms with Crippen molar-refractivity contribution in [3.8, 4) is 5.75 Å². The molecule has 1 saturated heterocycles. The van der Waals surface area contributed by atoms with Crippen LogP contribution in [0.4, 0.5) is 8.78 Å². The summed E-state index contributed by atoms with van der Waals surface area (Å²) in [6.07, 6.45) is 11.6. The first-order valence-electron chi connectivity index (χ1n) is 12.1. The van der Waals surface area contributed by atoms with Crippen LogP contribution in [0.15, 0.2) is 24.8 Å². The zero-order valence-electron chi connectivity index (χ0n) is 18.9. The van der Waals surface area contributed by atoms with Crippen molar-refractivity contribution < 1.29 is 23.0 Å². The molecular weight excluding hydrogens is 398 g/mol. The van der Waals surface area contributed by atoms with Crippen LogP contribution in [0.1, 0.15) is 82.6 Å². The Morgan fingerprint density at radius 1 is 1.06 bits per heavy atom. The number of unbranched alkanes of at least 4 members (excludes halogenated alkanes) is 1. The van der Waals surface area contributed by atoms with Gasteiger partial charge in [0.15, 0.2) is 17.9 Å². The molecule has 1 heterocycles. The van der Waals surface area contributed by atoms with Gasteiger partial charge in [0.1, 0.15) is 0 Å². The van der Waals surface area contributed by atoms with Gasteiger partial charge in [-0.1, -0.05) is 25.5 Å². The Bertz CT molecular complexity index is 677. The molecule has 0 aromatic heterocycles. The van der Waals surface area contributed by atoms with E-state index in [1.165, 1.54) is 0 Å². The average Bonchev–Trinajstić information content (AvgIpc) is 2.80. The summed E-state index contributed by atoms with van der Waals surface area (Å²) in [6, 6.07) is 3.29. The molecular formula is C26H38F2O3. The molecule has 2 fully saturated rings. The van der Waals surface area contributed by atoms with E-state index < -0.39 is 11.6 Å². The van der Waals surface area contributed by atoms with Gasteiger partial charge in [-0.3, -0.25) is 0 Å². The second-order valence-corrected chi connectivity index (χ2v) is 9.11. The Balaban J connectivity index is 1.41. The van der Waals surface area contributed by atoms with E-state index in [2.05, 4.69) is 6.58 Å². The highest BCUT2D eigenvalue weighted by Gasteiger charge is 2.28. The highest BCUT2D eigenvalue weighted by molar-refractivity contribution is 5.33. The standard InChI is InChI=1S/C26H38F2O3/c1-3-5-7-19-10-15-24(30-17-19)31-18-20-8-11-21(12-9-20)22-13-14-23(26(28)25(22)27)29-16-6-4-2/h3,13-14,19-21,24H,1,4-12,15-18H2,2H3. The number of allylic oxidation sites excluding steroid dienone is 1. The molecule has 3 rings (SSSR count). The fourth-order valence-corrected chi connectivity index (χ4v) is 4.68. The fraction of sp³-hybridized carbons (Fsp3) is 0.692. The summed E-state index contributed by atoms with van der Waals surface area (Å²) in [5.74, 6) is -0.423. The molecule has 1 aromatic carbocycles. The van der Waals surface area contributed by atoms with E-state index in [1.54, 1.807) is 12.1 Å². The van der Waals surface area contributed by atoms with Crippen LogP contribution in [-0.2, 0) is 9.47 Å². The lowest BCUT2D eigenvalue weighted by molar-refractivity contribution is -0.183. The third kappa shape index (κ3) is 7.01. The zero-order chi connectivity index (χ0) is 22.1. The van der Waals surface area contributed by atoms with Crippen LogP contribution in [0.2, 0.25) is 0 Å². The number of benzene rings is 1. The molecule has 0 amide bonds. The maximum atomic E-state index is 14.7. The Hall–Kier alpha value is -1.46. The highest BCUT2D eigenvalue weighted by atomic mass is 19.2. The largest absolute Gasteiger partial charge is 0.490 e. The number of hydrogen-bond donors (Lipinski definition) is 0. The molecule has 1 aliphatic heterocycles. The molecule has 0 spiro atoms. The van der Waals surface area contributed by atoms with E-state index in [1.807, 2.05) is 13.0 Å². The summed E-state index contributed by atoms with van der Waals surface area (Å²) in [6.45, 7) is 7.69. The van der Waals surface area contributed by atoms with Crippen molar-refractivity contribution in [2.45, 2.75) is 83.3 Å². The summed E-state index contributed by atoms with van der Waals surface area (Å²) < 4.78 is 46.4. The van der Waals surface area contributed by atoms with Gasteiger partial charge in [0.2, 0.25) is 5.82 Å². The molecule has 0 bridgehead atoms. The zero-order valence-corrected chi connectivity index (χ0v) is 18.9. The molecule has 0 radical (unpaired) electrons. The van der Waals surface area contributed by atoms with Crippen LogP contribution >= 0.6 is 0 Å². The second-order valence-electron chi connectivity index (χ2n) is 9.11. The van der Waals surface area contributed by atoms with Crippen molar-refractivity contribution in [2.24, 2.45) is 11.8 Å². The molecule has 2 unspecified atom stereocenters. The smallest absolute Gasteiger partial charge is 0.200 e. The summed E-state index contributed by atoms with van der Waals surface area (Å²) in [7, 11) is 0. The number of halogens is 2. The molecule has 1 aromatic rings. The van der Waals surface area contributed by atoms with Crippen molar-refractivity contribution in [3.63, 3.8) is 0 Å². The molecule has 5 heteroatoms. The minimum Gasteiger partial charge on any atom is -0.490 e. The van der Waals surface area contributed by atoms with E-state index >= 15 is 0 Å². The molecule has 1 aliphatic carbocycles. The molecule has 174 valence electrons. The summed E-state index contributed by atoms with van der Waals surface area (Å²) in [4.78, 5) is 0. The summed E-state index contributed by atoms with van der Waals surface area (Å²) in [5, 5.41) is 0. The Kier molecular flexibility index (Phi) is 9.79. The van der Waals surface area contributed by atoms with Crippen molar-refractivity contribution in [2.75, 3.05) is 19.8 Å². The first-order chi connectivity index (χ1) is 15.1. The van der Waals surface area contributed by atoms with Crippen molar-refractivity contribution in [3.05, 3.63) is 42.0 Å². The van der Waals surface area contributed by atoms with Crippen molar-refractivity contribution >= 4 is 0 Å². The van der Waals surface area contributed by atoms with Gasteiger partial charge in [-0.25, -0.2) is 4.39 Å². The van der Waals surface area contributed by atoms with E-state index in [-0.39, 0.29) is 18.0 Å². The van der Waals surface area contributed by atoms with Crippen LogP contribution in [0.25, 0.3) is 0 Å². The van der Waals surface area contributed by atoms with Gasteiger partial charge in [0.05, 0.1) is 19.8 Å². The molecule has 2 aliphatic rings. The first kappa shape index (κ1) is 24.2. The lowest BCUT2D eigenvalue weighted by Gasteiger charge is -2.32. The van der Waals surface area contributed by atoms with Gasteiger partial charge in [0.25, 0.3) is 0 Å². The minimum atomic E-state index is -0.847. The molecule has 2 atom stereocenters. The number of hydrogen-bond acceptors (Lipinski definition) is 3. The van der Waals surface area contributed by atoms with Gasteiger partial charge in [-0.2, -0.15) is 4.39 Å². The lowest BCUT2D eigenvalue weighted by atomic mass is 9.79. The number of rotatable bonds is 11. The van der Waals surface area contributed by atoms with Gasteiger partial charge in [-0.05, 0) is 87.2 Å². The van der Waals surface area contributed by atoms with Gasteiger partial charge >= 0.3 is 0 Å². The van der Waals surface area contributed by atoms with Crippen LogP contribution in [0.5, 0.6) is 5.75 Å². The van der Waals surface area contributed by atoms with Gasteiger partial charge in [-0.15, -0.1) is 6.58 Å². The predicted octanol–water partition coefficient (Wildman–Crippen LogP) is 7.15. The predicted molar refractivity (Wildman–Crippen MR) is 119 cm³/mol. The summed E-state index contributed by atoms with van der Waals surface area (Å²) >= 11 is 0. The Morgan fingerprint density at radius 2 is 1.84 bits per heavy atom. The minimum absolute atomic E-state index is 0.0241. The van der Waals surface area contributed by atoms with E-state index in [0.29, 0.717) is 30.6 Å². The third-order valence-corrected chi connectivity index (χ3v) is 6.74. The number of ether oxygens (including phenoxy) is 3. The van der Waals surface area contributed by atoms with Crippen LogP contribution < -0.4 is 4.74 Å². The van der Waals surface area contributed by atoms with Crippen LogP contribution in [0.3, 0.4) is 0 Å². The van der Waals surface area contributed by atoms with Crippen LogP contribution in [0, 0.1) is 23.5 Å². The Labute approximate surface area is 186 Å². The normalized spacial score (nSPS) is 26.5. The molecule has 0 N–H and O–H groups in total. The van der Waals surface area contributed by atoms with Crippen molar-refractivity contribution in [1.82, 2.24) is 0 Å². The molecule has 3 nitrogen and oxygen atoms in total. The fourth-order valence-electron chi connectivity index (χ4n) is 4.68.